The Morgan fingerprint density at radius 3 is 2.06 bits per heavy atom. The molecule has 1 aliphatic heterocycles. The van der Waals surface area contributed by atoms with Crippen molar-refractivity contribution in [2.24, 2.45) is 4.99 Å². The van der Waals surface area contributed by atoms with Gasteiger partial charge in [0.1, 0.15) is 0 Å². The van der Waals surface area contributed by atoms with Crippen LogP contribution in [0.25, 0.3) is 32.7 Å². The Morgan fingerprint density at radius 1 is 0.833 bits per heavy atom. The summed E-state index contributed by atoms with van der Waals surface area (Å²) in [6.07, 6.45) is 2.11. The van der Waals surface area contributed by atoms with Crippen LogP contribution in [0, 0.1) is 0 Å². The highest BCUT2D eigenvalue weighted by Crippen LogP contribution is 2.36. The van der Waals surface area contributed by atoms with Crippen molar-refractivity contribution in [2.45, 2.75) is 39.3 Å². The highest BCUT2D eigenvalue weighted by atomic mass is 16.3. The Morgan fingerprint density at radius 2 is 1.44 bits per heavy atom. The van der Waals surface area contributed by atoms with E-state index in [1.807, 2.05) is 44.9 Å². The van der Waals surface area contributed by atoms with Gasteiger partial charge in [-0.1, -0.05) is 6.92 Å². The lowest BCUT2D eigenvalue weighted by Gasteiger charge is -2.20. The molecule has 36 heavy (non-hydrogen) atoms. The van der Waals surface area contributed by atoms with Gasteiger partial charge in [0, 0.05) is 41.4 Å². The SMILES string of the molecule is CCCN=c1cc2c(=O)n(CCCN(C)C)c(=O)c3ccc4c(O)n(CCCN(C)C)c(=O)c1c4c3-2. The Labute approximate surface area is 209 Å². The maximum Gasteiger partial charge on any atom is 0.263 e. The number of aromatic hydroxyl groups is 1. The molecule has 0 fully saturated rings. The summed E-state index contributed by atoms with van der Waals surface area (Å²) >= 11 is 0. The molecule has 2 aromatic rings. The van der Waals surface area contributed by atoms with Gasteiger partial charge in [0.05, 0.1) is 16.3 Å². The minimum absolute atomic E-state index is 0.148. The number of benzene rings is 2. The topological polar surface area (TPSA) is 100 Å². The van der Waals surface area contributed by atoms with Gasteiger partial charge in [0.2, 0.25) is 5.88 Å². The molecule has 1 N–H and O–H groups in total. The van der Waals surface area contributed by atoms with E-state index in [1.165, 1.54) is 9.13 Å². The van der Waals surface area contributed by atoms with Gasteiger partial charge in [-0.3, -0.25) is 28.5 Å². The second kappa shape index (κ2) is 10.4. The van der Waals surface area contributed by atoms with Crippen LogP contribution < -0.4 is 22.0 Å². The van der Waals surface area contributed by atoms with E-state index in [2.05, 4.69) is 4.99 Å². The lowest BCUT2D eigenvalue weighted by atomic mass is 9.90. The molecule has 192 valence electrons. The summed E-state index contributed by atoms with van der Waals surface area (Å²) in [4.78, 5) is 49.4. The molecule has 0 radical (unpaired) electrons. The summed E-state index contributed by atoms with van der Waals surface area (Å²) in [5, 5.41) is 13.2. The van der Waals surface area contributed by atoms with Crippen LogP contribution in [0.4, 0.5) is 0 Å². The van der Waals surface area contributed by atoms with E-state index in [0.29, 0.717) is 70.5 Å². The van der Waals surface area contributed by atoms with E-state index in [-0.39, 0.29) is 22.6 Å². The van der Waals surface area contributed by atoms with E-state index in [1.54, 1.807) is 18.2 Å². The van der Waals surface area contributed by atoms with Crippen LogP contribution in [0.15, 0.2) is 37.6 Å². The van der Waals surface area contributed by atoms with Gasteiger partial charge in [-0.15, -0.1) is 0 Å². The molecule has 4 rings (SSSR count). The third kappa shape index (κ3) is 4.49. The van der Waals surface area contributed by atoms with Crippen molar-refractivity contribution >= 4 is 21.5 Å². The molecule has 9 nitrogen and oxygen atoms in total. The first-order valence-corrected chi connectivity index (χ1v) is 12.5. The number of nitrogens with zero attached hydrogens (tertiary/aromatic N) is 5. The van der Waals surface area contributed by atoms with Gasteiger partial charge in [-0.25, -0.2) is 0 Å². The molecule has 9 heteroatoms. The summed E-state index contributed by atoms with van der Waals surface area (Å²) in [5.74, 6) is -0.148. The molecular formula is C27H35N5O4. The summed E-state index contributed by atoms with van der Waals surface area (Å²) < 4.78 is 2.67. The maximum absolute atomic E-state index is 13.7. The average Bonchev–Trinajstić information content (AvgIpc) is 2.83. The van der Waals surface area contributed by atoms with E-state index in [4.69, 9.17) is 0 Å². The predicted molar refractivity (Wildman–Crippen MR) is 144 cm³/mol. The molecule has 0 saturated carbocycles. The van der Waals surface area contributed by atoms with Crippen molar-refractivity contribution in [3.8, 4) is 17.0 Å². The summed E-state index contributed by atoms with van der Waals surface area (Å²) in [6, 6.07) is 5.00. The highest BCUT2D eigenvalue weighted by Gasteiger charge is 2.26. The Kier molecular flexibility index (Phi) is 7.42. The summed E-state index contributed by atoms with van der Waals surface area (Å²) in [6.45, 7) is 4.65. The molecule has 1 aliphatic carbocycles. The van der Waals surface area contributed by atoms with Gasteiger partial charge in [0.25, 0.3) is 16.7 Å². The second-order valence-electron chi connectivity index (χ2n) is 9.97. The van der Waals surface area contributed by atoms with Crippen molar-refractivity contribution in [3.05, 3.63) is 54.6 Å². The molecule has 1 aromatic carbocycles. The molecule has 0 atom stereocenters. The van der Waals surface area contributed by atoms with Gasteiger partial charge < -0.3 is 14.9 Å². The molecule has 0 spiro atoms. The predicted octanol–water partition coefficient (Wildman–Crippen LogP) is 1.58. The zero-order chi connectivity index (χ0) is 26.1. The Bertz CT molecular complexity index is 1590. The van der Waals surface area contributed by atoms with Crippen LogP contribution in [0.3, 0.4) is 0 Å². The quantitative estimate of drug-likeness (QED) is 0.337. The van der Waals surface area contributed by atoms with E-state index < -0.39 is 0 Å². The van der Waals surface area contributed by atoms with Crippen molar-refractivity contribution in [2.75, 3.05) is 47.8 Å². The van der Waals surface area contributed by atoms with Crippen LogP contribution in [0.1, 0.15) is 26.2 Å². The first-order chi connectivity index (χ1) is 17.2. The largest absolute Gasteiger partial charge is 0.494 e. The minimum atomic E-state index is -0.386. The monoisotopic (exact) mass is 493 g/mol. The second-order valence-corrected chi connectivity index (χ2v) is 9.97. The molecule has 0 amide bonds. The van der Waals surface area contributed by atoms with Crippen LogP contribution in [-0.4, -0.2) is 71.9 Å². The fourth-order valence-electron chi connectivity index (χ4n) is 4.92. The molecule has 0 saturated heterocycles. The van der Waals surface area contributed by atoms with Gasteiger partial charge >= 0.3 is 0 Å². The Hall–Kier alpha value is -3.30. The number of aromatic nitrogens is 2. The van der Waals surface area contributed by atoms with Crippen molar-refractivity contribution < 1.29 is 5.11 Å². The average molecular weight is 494 g/mol. The van der Waals surface area contributed by atoms with E-state index >= 15 is 0 Å². The number of pyridine rings is 2. The minimum Gasteiger partial charge on any atom is -0.494 e. The van der Waals surface area contributed by atoms with Crippen LogP contribution in [-0.2, 0) is 13.1 Å². The maximum atomic E-state index is 13.7. The molecular weight excluding hydrogens is 458 g/mol. The van der Waals surface area contributed by atoms with Crippen molar-refractivity contribution in [1.82, 2.24) is 18.9 Å². The summed E-state index contributed by atoms with van der Waals surface area (Å²) in [5.41, 5.74) is -0.326. The first-order valence-electron chi connectivity index (χ1n) is 12.5. The fourth-order valence-corrected chi connectivity index (χ4v) is 4.92. The molecule has 2 heterocycles. The zero-order valence-electron chi connectivity index (χ0n) is 21.8. The van der Waals surface area contributed by atoms with Crippen LogP contribution in [0.5, 0.6) is 5.88 Å². The molecule has 2 aliphatic rings. The van der Waals surface area contributed by atoms with Gasteiger partial charge in [-0.2, -0.15) is 0 Å². The highest BCUT2D eigenvalue weighted by molar-refractivity contribution is 6.15. The van der Waals surface area contributed by atoms with Gasteiger partial charge in [0.15, 0.2) is 0 Å². The molecule has 0 unspecified atom stereocenters. The van der Waals surface area contributed by atoms with Crippen molar-refractivity contribution in [3.63, 3.8) is 0 Å². The van der Waals surface area contributed by atoms with Crippen LogP contribution >= 0.6 is 0 Å². The van der Waals surface area contributed by atoms with E-state index in [0.717, 1.165) is 19.5 Å². The smallest absolute Gasteiger partial charge is 0.263 e. The number of hydrogen-bond acceptors (Lipinski definition) is 7. The fraction of sp³-hybridized carbons (Fsp3) is 0.481. The molecule has 1 aromatic heterocycles. The first kappa shape index (κ1) is 25.8. The van der Waals surface area contributed by atoms with E-state index in [9.17, 15) is 19.5 Å². The summed E-state index contributed by atoms with van der Waals surface area (Å²) in [7, 11) is 7.81. The van der Waals surface area contributed by atoms with Gasteiger partial charge in [-0.05, 0) is 78.7 Å². The number of rotatable bonds is 10. The van der Waals surface area contributed by atoms with Crippen LogP contribution in [0.2, 0.25) is 0 Å². The third-order valence-electron chi connectivity index (χ3n) is 6.65. The lowest BCUT2D eigenvalue weighted by Crippen LogP contribution is -2.37. The lowest BCUT2D eigenvalue weighted by molar-refractivity contribution is 0.365. The zero-order valence-corrected chi connectivity index (χ0v) is 21.8. The number of hydrogen-bond donors (Lipinski definition) is 1. The Balaban J connectivity index is 2.08. The normalized spacial score (nSPS) is 12.9. The third-order valence-corrected chi connectivity index (χ3v) is 6.65. The standard InChI is InChI=1S/C27H35N5O4/c1-6-11-28-20-16-19-21-17(24(33)31(26(19)35)14-7-12-29(2)3)9-10-18-22(21)23(20)27(36)32(25(18)34)15-8-13-30(4)5/h9-10,16,34H,6-8,11-15H2,1-5H3. The van der Waals surface area contributed by atoms with Crippen molar-refractivity contribution in [1.29, 1.82) is 0 Å². The molecule has 0 bridgehead atoms.